The van der Waals surface area contributed by atoms with E-state index >= 15 is 0 Å². The van der Waals surface area contributed by atoms with Gasteiger partial charge in [-0.1, -0.05) is 37.8 Å². The van der Waals surface area contributed by atoms with E-state index in [4.69, 9.17) is 5.73 Å². The molecule has 0 aliphatic heterocycles. The SMILES string of the molecule is Cl.NC(=O)NCc1ccc(C(=O)NCCNC2CCCCCC2)cc1. The van der Waals surface area contributed by atoms with Crippen molar-refractivity contribution in [3.05, 3.63) is 35.4 Å². The predicted octanol–water partition coefficient (Wildman–Crippen LogP) is 2.32. The van der Waals surface area contributed by atoms with Crippen molar-refractivity contribution < 1.29 is 9.59 Å². The topological polar surface area (TPSA) is 96.2 Å². The van der Waals surface area contributed by atoms with Gasteiger partial charge in [-0.15, -0.1) is 12.4 Å². The van der Waals surface area contributed by atoms with Crippen molar-refractivity contribution in [3.63, 3.8) is 0 Å². The summed E-state index contributed by atoms with van der Waals surface area (Å²) >= 11 is 0. The zero-order chi connectivity index (χ0) is 17.2. The van der Waals surface area contributed by atoms with Gasteiger partial charge in [0.05, 0.1) is 0 Å². The molecule has 0 heterocycles. The fraction of sp³-hybridized carbons (Fsp3) is 0.556. The molecular formula is C18H29ClN4O2. The molecule has 1 aromatic rings. The van der Waals surface area contributed by atoms with Crippen molar-refractivity contribution in [3.8, 4) is 0 Å². The van der Waals surface area contributed by atoms with E-state index in [0.717, 1.165) is 12.1 Å². The summed E-state index contributed by atoms with van der Waals surface area (Å²) in [5, 5.41) is 8.99. The third-order valence-electron chi connectivity index (χ3n) is 4.38. The molecule has 6 nitrogen and oxygen atoms in total. The van der Waals surface area contributed by atoms with Gasteiger partial charge in [-0.2, -0.15) is 0 Å². The number of benzene rings is 1. The van der Waals surface area contributed by atoms with E-state index in [0.29, 0.717) is 24.7 Å². The highest BCUT2D eigenvalue weighted by Gasteiger charge is 2.11. The summed E-state index contributed by atoms with van der Waals surface area (Å²) in [6, 6.07) is 7.18. The summed E-state index contributed by atoms with van der Waals surface area (Å²) in [4.78, 5) is 22.8. The molecule has 1 saturated carbocycles. The first-order valence-electron chi connectivity index (χ1n) is 8.79. The number of carbonyl (C=O) groups is 2. The molecule has 25 heavy (non-hydrogen) atoms. The van der Waals surface area contributed by atoms with Crippen LogP contribution in [0.1, 0.15) is 54.4 Å². The lowest BCUT2D eigenvalue weighted by atomic mass is 10.1. The zero-order valence-electron chi connectivity index (χ0n) is 14.6. The van der Waals surface area contributed by atoms with Crippen molar-refractivity contribution in [2.75, 3.05) is 13.1 Å². The summed E-state index contributed by atoms with van der Waals surface area (Å²) in [7, 11) is 0. The number of rotatable bonds is 7. The van der Waals surface area contributed by atoms with Crippen LogP contribution in [-0.4, -0.2) is 31.1 Å². The number of primary amides is 1. The molecule has 0 saturated heterocycles. The number of hydrogen-bond acceptors (Lipinski definition) is 3. The standard InChI is InChI=1S/C18H28N4O2.ClH/c19-18(24)22-13-14-7-9-15(10-8-14)17(23)21-12-11-20-16-5-3-1-2-4-6-16;/h7-10,16,20H,1-6,11-13H2,(H,21,23)(H3,19,22,24);1H. The van der Waals surface area contributed by atoms with E-state index < -0.39 is 6.03 Å². The summed E-state index contributed by atoms with van der Waals surface area (Å²) in [5.74, 6) is -0.0768. The quantitative estimate of drug-likeness (QED) is 0.439. The van der Waals surface area contributed by atoms with Crippen LogP contribution in [0.4, 0.5) is 4.79 Å². The molecule has 1 aliphatic rings. The lowest BCUT2D eigenvalue weighted by Gasteiger charge is -2.16. The van der Waals surface area contributed by atoms with Crippen LogP contribution in [0.3, 0.4) is 0 Å². The lowest BCUT2D eigenvalue weighted by molar-refractivity contribution is 0.0953. The Bertz CT molecular complexity index is 528. The monoisotopic (exact) mass is 368 g/mol. The Morgan fingerprint density at radius 1 is 0.960 bits per heavy atom. The molecule has 7 heteroatoms. The Morgan fingerprint density at radius 2 is 1.60 bits per heavy atom. The average molecular weight is 369 g/mol. The molecule has 0 bridgehead atoms. The second-order valence-electron chi connectivity index (χ2n) is 6.31. The minimum atomic E-state index is -0.557. The van der Waals surface area contributed by atoms with E-state index in [-0.39, 0.29) is 18.3 Å². The third-order valence-corrected chi connectivity index (χ3v) is 4.38. The van der Waals surface area contributed by atoms with Crippen molar-refractivity contribution in [2.24, 2.45) is 5.73 Å². The van der Waals surface area contributed by atoms with Gasteiger partial charge in [-0.25, -0.2) is 4.79 Å². The number of amides is 3. The largest absolute Gasteiger partial charge is 0.352 e. The van der Waals surface area contributed by atoms with Gasteiger partial charge in [0.1, 0.15) is 0 Å². The van der Waals surface area contributed by atoms with E-state index in [2.05, 4.69) is 16.0 Å². The molecule has 0 aromatic heterocycles. The Labute approximate surface area is 155 Å². The number of hydrogen-bond donors (Lipinski definition) is 4. The number of carbonyl (C=O) groups excluding carboxylic acids is 2. The fourth-order valence-corrected chi connectivity index (χ4v) is 3.00. The molecule has 2 rings (SSSR count). The molecule has 1 fully saturated rings. The fourth-order valence-electron chi connectivity index (χ4n) is 3.00. The van der Waals surface area contributed by atoms with Crippen LogP contribution in [-0.2, 0) is 6.54 Å². The first-order valence-corrected chi connectivity index (χ1v) is 8.79. The maximum Gasteiger partial charge on any atom is 0.312 e. The number of nitrogens with one attached hydrogen (secondary N) is 3. The van der Waals surface area contributed by atoms with E-state index in [1.165, 1.54) is 38.5 Å². The van der Waals surface area contributed by atoms with Crippen molar-refractivity contribution >= 4 is 24.3 Å². The molecule has 5 N–H and O–H groups in total. The van der Waals surface area contributed by atoms with Crippen LogP contribution in [0.2, 0.25) is 0 Å². The highest BCUT2D eigenvalue weighted by molar-refractivity contribution is 5.94. The van der Waals surface area contributed by atoms with Crippen LogP contribution in [0.15, 0.2) is 24.3 Å². The molecule has 140 valence electrons. The number of halogens is 1. The average Bonchev–Trinajstić information content (AvgIpc) is 2.86. The van der Waals surface area contributed by atoms with E-state index in [9.17, 15) is 9.59 Å². The lowest BCUT2D eigenvalue weighted by Crippen LogP contribution is -2.36. The van der Waals surface area contributed by atoms with E-state index in [1.807, 2.05) is 12.1 Å². The second-order valence-corrected chi connectivity index (χ2v) is 6.31. The maximum atomic E-state index is 12.1. The Morgan fingerprint density at radius 3 is 2.20 bits per heavy atom. The molecule has 0 atom stereocenters. The minimum absolute atomic E-state index is 0. The van der Waals surface area contributed by atoms with E-state index in [1.54, 1.807) is 12.1 Å². The molecular weight excluding hydrogens is 340 g/mol. The van der Waals surface area contributed by atoms with Crippen LogP contribution in [0, 0.1) is 0 Å². The third kappa shape index (κ3) is 8.23. The summed E-state index contributed by atoms with van der Waals surface area (Å²) in [5.41, 5.74) is 6.55. The predicted molar refractivity (Wildman–Crippen MR) is 102 cm³/mol. The first-order chi connectivity index (χ1) is 11.6. The van der Waals surface area contributed by atoms with Gasteiger partial charge in [0.15, 0.2) is 0 Å². The van der Waals surface area contributed by atoms with Crippen molar-refractivity contribution in [2.45, 2.75) is 51.1 Å². The first kappa shape index (κ1) is 21.3. The smallest absolute Gasteiger partial charge is 0.312 e. The van der Waals surface area contributed by atoms with Crippen LogP contribution < -0.4 is 21.7 Å². The Kier molecular flexibility index (Phi) is 9.96. The zero-order valence-corrected chi connectivity index (χ0v) is 15.4. The molecule has 3 amide bonds. The summed E-state index contributed by atoms with van der Waals surface area (Å²) in [6.07, 6.45) is 7.80. The molecule has 0 radical (unpaired) electrons. The number of nitrogens with two attached hydrogens (primary N) is 1. The highest BCUT2D eigenvalue weighted by Crippen LogP contribution is 2.16. The maximum absolute atomic E-state index is 12.1. The van der Waals surface area contributed by atoms with Gasteiger partial charge >= 0.3 is 6.03 Å². The molecule has 1 aliphatic carbocycles. The van der Waals surface area contributed by atoms with Gasteiger partial charge in [0.2, 0.25) is 0 Å². The Hall–Kier alpha value is -1.79. The van der Waals surface area contributed by atoms with Gasteiger partial charge < -0.3 is 21.7 Å². The number of urea groups is 1. The Balaban J connectivity index is 0.00000312. The minimum Gasteiger partial charge on any atom is -0.352 e. The van der Waals surface area contributed by atoms with Crippen LogP contribution >= 0.6 is 12.4 Å². The van der Waals surface area contributed by atoms with Gasteiger partial charge in [-0.05, 0) is 30.5 Å². The van der Waals surface area contributed by atoms with Crippen molar-refractivity contribution in [1.82, 2.24) is 16.0 Å². The molecule has 0 spiro atoms. The normalized spacial score (nSPS) is 14.9. The van der Waals surface area contributed by atoms with Crippen LogP contribution in [0.5, 0.6) is 0 Å². The summed E-state index contributed by atoms with van der Waals surface area (Å²) < 4.78 is 0. The second kappa shape index (κ2) is 11.7. The van der Waals surface area contributed by atoms with Crippen LogP contribution in [0.25, 0.3) is 0 Å². The molecule has 0 unspecified atom stereocenters. The van der Waals surface area contributed by atoms with Gasteiger partial charge in [-0.3, -0.25) is 4.79 Å². The van der Waals surface area contributed by atoms with Gasteiger partial charge in [0, 0.05) is 31.2 Å². The summed E-state index contributed by atoms with van der Waals surface area (Å²) in [6.45, 7) is 1.79. The van der Waals surface area contributed by atoms with Crippen molar-refractivity contribution in [1.29, 1.82) is 0 Å². The highest BCUT2D eigenvalue weighted by atomic mass is 35.5. The molecule has 1 aromatic carbocycles. The van der Waals surface area contributed by atoms with Gasteiger partial charge in [0.25, 0.3) is 5.91 Å².